The molecule has 0 radical (unpaired) electrons. The maximum absolute atomic E-state index is 12.0. The molecule has 1 saturated carbocycles. The highest BCUT2D eigenvalue weighted by Crippen LogP contribution is 2.30. The van der Waals surface area contributed by atoms with Crippen molar-refractivity contribution in [3.05, 3.63) is 0 Å². The average Bonchev–Trinajstić information content (AvgIpc) is 2.80. The highest BCUT2D eigenvalue weighted by molar-refractivity contribution is 5.78. The molecule has 3 atom stereocenters. The molecule has 0 aromatic heterocycles. The number of nitrogens with one attached hydrogen (secondary N) is 1. The van der Waals surface area contributed by atoms with Crippen LogP contribution in [-0.2, 0) is 4.79 Å². The first-order valence-corrected chi connectivity index (χ1v) is 7.17. The predicted molar refractivity (Wildman–Crippen MR) is 72.9 cm³/mol. The smallest absolute Gasteiger partial charge is 0.224 e. The Morgan fingerprint density at radius 3 is 2.61 bits per heavy atom. The van der Waals surface area contributed by atoms with Crippen LogP contribution in [0.15, 0.2) is 0 Å². The number of aliphatic hydroxyl groups is 1. The van der Waals surface area contributed by atoms with Crippen LogP contribution < -0.4 is 11.1 Å². The fraction of sp³-hybridized carbons (Fsp3) is 0.929. The summed E-state index contributed by atoms with van der Waals surface area (Å²) >= 11 is 0. The predicted octanol–water partition coefficient (Wildman–Crippen LogP) is 1.13. The monoisotopic (exact) mass is 256 g/mol. The number of hydrogen-bond acceptors (Lipinski definition) is 3. The van der Waals surface area contributed by atoms with Crippen LogP contribution in [0.1, 0.15) is 39.5 Å². The molecule has 0 spiro atoms. The summed E-state index contributed by atoms with van der Waals surface area (Å²) in [4.78, 5) is 12.0. The molecule has 1 fully saturated rings. The number of carbonyl (C=O) groups excluding carboxylic acids is 1. The summed E-state index contributed by atoms with van der Waals surface area (Å²) in [6.07, 6.45) is 4.21. The van der Waals surface area contributed by atoms with Crippen molar-refractivity contribution in [2.45, 2.75) is 39.5 Å². The van der Waals surface area contributed by atoms with Gasteiger partial charge in [0.1, 0.15) is 0 Å². The largest absolute Gasteiger partial charge is 0.396 e. The Labute approximate surface area is 110 Å². The molecular formula is C14H28N2O2. The number of aliphatic hydroxyl groups excluding tert-OH is 1. The summed E-state index contributed by atoms with van der Waals surface area (Å²) in [5.41, 5.74) is 5.66. The van der Waals surface area contributed by atoms with Crippen LogP contribution in [0.2, 0.25) is 0 Å². The molecule has 106 valence electrons. The number of hydrogen-bond donors (Lipinski definition) is 3. The van der Waals surface area contributed by atoms with Crippen LogP contribution in [0.3, 0.4) is 0 Å². The zero-order valence-electron chi connectivity index (χ0n) is 11.7. The Morgan fingerprint density at radius 2 is 2.06 bits per heavy atom. The fourth-order valence-corrected chi connectivity index (χ4v) is 2.88. The average molecular weight is 256 g/mol. The van der Waals surface area contributed by atoms with Gasteiger partial charge in [-0.3, -0.25) is 4.79 Å². The molecule has 18 heavy (non-hydrogen) atoms. The second-order valence-corrected chi connectivity index (χ2v) is 5.94. The summed E-state index contributed by atoms with van der Waals surface area (Å²) < 4.78 is 0. The molecule has 4 nitrogen and oxygen atoms in total. The maximum Gasteiger partial charge on any atom is 0.224 e. The number of carbonyl (C=O) groups is 1. The van der Waals surface area contributed by atoms with E-state index in [1.807, 2.05) is 0 Å². The number of amides is 1. The van der Waals surface area contributed by atoms with Crippen LogP contribution in [0, 0.1) is 23.7 Å². The summed E-state index contributed by atoms with van der Waals surface area (Å²) in [6.45, 7) is 5.56. The van der Waals surface area contributed by atoms with E-state index in [1.54, 1.807) is 0 Å². The van der Waals surface area contributed by atoms with Crippen LogP contribution in [-0.4, -0.2) is 30.7 Å². The lowest BCUT2D eigenvalue weighted by Gasteiger charge is -2.21. The third-order valence-corrected chi connectivity index (χ3v) is 4.00. The second-order valence-electron chi connectivity index (χ2n) is 5.94. The minimum absolute atomic E-state index is 0.0704. The van der Waals surface area contributed by atoms with E-state index in [2.05, 4.69) is 19.2 Å². The van der Waals surface area contributed by atoms with Gasteiger partial charge in [-0.15, -0.1) is 0 Å². The van der Waals surface area contributed by atoms with Crippen molar-refractivity contribution in [2.75, 3.05) is 19.7 Å². The summed E-state index contributed by atoms with van der Waals surface area (Å²) in [7, 11) is 0. The van der Waals surface area contributed by atoms with E-state index in [-0.39, 0.29) is 18.4 Å². The summed E-state index contributed by atoms with van der Waals surface area (Å²) in [6, 6.07) is 0. The van der Waals surface area contributed by atoms with Gasteiger partial charge in [-0.2, -0.15) is 0 Å². The van der Waals surface area contributed by atoms with Gasteiger partial charge in [0.2, 0.25) is 5.91 Å². The van der Waals surface area contributed by atoms with Gasteiger partial charge >= 0.3 is 0 Å². The summed E-state index contributed by atoms with van der Waals surface area (Å²) in [5, 5.41) is 12.3. The number of nitrogens with two attached hydrogens (primary N) is 1. The van der Waals surface area contributed by atoms with E-state index in [1.165, 1.54) is 0 Å². The topological polar surface area (TPSA) is 75.4 Å². The number of rotatable bonds is 7. The molecule has 1 aliphatic carbocycles. The summed E-state index contributed by atoms with van der Waals surface area (Å²) in [5.74, 6) is 1.30. The highest BCUT2D eigenvalue weighted by Gasteiger charge is 2.27. The van der Waals surface area contributed by atoms with Crippen molar-refractivity contribution in [1.29, 1.82) is 0 Å². The molecule has 4 heteroatoms. The van der Waals surface area contributed by atoms with E-state index in [0.29, 0.717) is 30.8 Å². The first-order valence-electron chi connectivity index (χ1n) is 7.17. The lowest BCUT2D eigenvalue weighted by atomic mass is 9.94. The van der Waals surface area contributed by atoms with Crippen molar-refractivity contribution in [3.63, 3.8) is 0 Å². The standard InChI is InChI=1S/C14H28N2O2/c1-10(2)6-13(7-15)14(18)16-8-11-4-3-5-12(11)9-17/h10-13,17H,3-9,15H2,1-2H3,(H,16,18). The Balaban J connectivity index is 2.34. The third kappa shape index (κ3) is 4.58. The van der Waals surface area contributed by atoms with Crippen molar-refractivity contribution in [2.24, 2.45) is 29.4 Å². The molecule has 0 aromatic rings. The van der Waals surface area contributed by atoms with Crippen molar-refractivity contribution >= 4 is 5.91 Å². The van der Waals surface area contributed by atoms with Crippen LogP contribution in [0.5, 0.6) is 0 Å². The normalized spacial score (nSPS) is 25.4. The Kier molecular flexibility index (Phi) is 6.65. The lowest BCUT2D eigenvalue weighted by molar-refractivity contribution is -0.125. The molecule has 1 aliphatic rings. The molecule has 1 rings (SSSR count). The zero-order valence-corrected chi connectivity index (χ0v) is 11.7. The Morgan fingerprint density at radius 1 is 1.39 bits per heavy atom. The van der Waals surface area contributed by atoms with E-state index < -0.39 is 0 Å². The van der Waals surface area contributed by atoms with E-state index >= 15 is 0 Å². The lowest BCUT2D eigenvalue weighted by Crippen LogP contribution is -2.39. The highest BCUT2D eigenvalue weighted by atomic mass is 16.3. The van der Waals surface area contributed by atoms with Gasteiger partial charge in [0, 0.05) is 19.7 Å². The van der Waals surface area contributed by atoms with Crippen LogP contribution in [0.25, 0.3) is 0 Å². The first-order chi connectivity index (χ1) is 8.58. The maximum atomic E-state index is 12.0. The fourth-order valence-electron chi connectivity index (χ4n) is 2.88. The van der Waals surface area contributed by atoms with Gasteiger partial charge in [-0.1, -0.05) is 20.3 Å². The Hall–Kier alpha value is -0.610. The third-order valence-electron chi connectivity index (χ3n) is 4.00. The van der Waals surface area contributed by atoms with E-state index in [9.17, 15) is 9.90 Å². The zero-order chi connectivity index (χ0) is 13.5. The first kappa shape index (κ1) is 15.4. The minimum Gasteiger partial charge on any atom is -0.396 e. The van der Waals surface area contributed by atoms with Gasteiger partial charge in [0.25, 0.3) is 0 Å². The molecule has 4 N–H and O–H groups in total. The quantitative estimate of drug-likeness (QED) is 0.639. The van der Waals surface area contributed by atoms with E-state index in [0.717, 1.165) is 25.7 Å². The van der Waals surface area contributed by atoms with Gasteiger partial charge in [-0.25, -0.2) is 0 Å². The molecule has 0 aromatic carbocycles. The van der Waals surface area contributed by atoms with Gasteiger partial charge in [-0.05, 0) is 37.0 Å². The van der Waals surface area contributed by atoms with Gasteiger partial charge in [0.15, 0.2) is 0 Å². The van der Waals surface area contributed by atoms with E-state index in [4.69, 9.17) is 5.73 Å². The SMILES string of the molecule is CC(C)CC(CN)C(=O)NCC1CCCC1CO. The minimum atomic E-state index is -0.0704. The molecule has 0 saturated heterocycles. The Bertz CT molecular complexity index is 256. The molecule has 0 aliphatic heterocycles. The van der Waals surface area contributed by atoms with Crippen LogP contribution in [0.4, 0.5) is 0 Å². The second kappa shape index (κ2) is 7.74. The molecule has 0 bridgehead atoms. The molecular weight excluding hydrogens is 228 g/mol. The van der Waals surface area contributed by atoms with Crippen molar-refractivity contribution in [3.8, 4) is 0 Å². The molecule has 0 heterocycles. The van der Waals surface area contributed by atoms with Gasteiger partial charge < -0.3 is 16.2 Å². The van der Waals surface area contributed by atoms with Crippen molar-refractivity contribution in [1.82, 2.24) is 5.32 Å². The van der Waals surface area contributed by atoms with Gasteiger partial charge in [0.05, 0.1) is 5.92 Å². The molecule has 3 unspecified atom stereocenters. The molecule has 1 amide bonds. The van der Waals surface area contributed by atoms with Crippen LogP contribution >= 0.6 is 0 Å². The van der Waals surface area contributed by atoms with Crippen molar-refractivity contribution < 1.29 is 9.90 Å².